The highest BCUT2D eigenvalue weighted by Crippen LogP contribution is 2.15. The average Bonchev–Trinajstić information content (AvgIpc) is 2.90. The van der Waals surface area contributed by atoms with Gasteiger partial charge in [-0.2, -0.15) is 0 Å². The lowest BCUT2D eigenvalue weighted by Gasteiger charge is -2.00. The molecule has 5 heteroatoms. The van der Waals surface area contributed by atoms with Crippen molar-refractivity contribution >= 4 is 22.4 Å². The van der Waals surface area contributed by atoms with Gasteiger partial charge in [-0.05, 0) is 29.6 Å². The smallest absolute Gasteiger partial charge is 0.306 e. The summed E-state index contributed by atoms with van der Waals surface area (Å²) in [4.78, 5) is 15.5. The van der Waals surface area contributed by atoms with Gasteiger partial charge in [0.15, 0.2) is 0 Å². The number of benzene rings is 1. The standard InChI is InChI=1S/C12H9FN2OS/c13-8-3-4-10-11(6-8)15(12(16)14-10)7-9-2-1-5-17-9/h1-6H,7H2,(H,14,16). The Hall–Kier alpha value is -1.88. The average molecular weight is 248 g/mol. The second-order valence-electron chi connectivity index (χ2n) is 3.76. The van der Waals surface area contributed by atoms with Crippen molar-refractivity contribution in [2.75, 3.05) is 0 Å². The largest absolute Gasteiger partial charge is 0.326 e. The molecule has 0 unspecified atom stereocenters. The third kappa shape index (κ3) is 1.78. The summed E-state index contributed by atoms with van der Waals surface area (Å²) in [5, 5.41) is 1.95. The summed E-state index contributed by atoms with van der Waals surface area (Å²) in [5.74, 6) is -0.337. The molecule has 2 aromatic heterocycles. The molecule has 0 bridgehead atoms. The topological polar surface area (TPSA) is 37.8 Å². The number of fused-ring (bicyclic) bond motifs is 1. The van der Waals surface area contributed by atoms with Gasteiger partial charge in [-0.3, -0.25) is 4.57 Å². The van der Waals surface area contributed by atoms with Gasteiger partial charge in [-0.1, -0.05) is 6.07 Å². The van der Waals surface area contributed by atoms with Gasteiger partial charge < -0.3 is 4.98 Å². The van der Waals surface area contributed by atoms with E-state index < -0.39 is 0 Å². The highest BCUT2D eigenvalue weighted by molar-refractivity contribution is 7.09. The number of rotatable bonds is 2. The van der Waals surface area contributed by atoms with Gasteiger partial charge in [-0.15, -0.1) is 11.3 Å². The molecule has 3 rings (SSSR count). The highest BCUT2D eigenvalue weighted by Gasteiger charge is 2.08. The van der Waals surface area contributed by atoms with E-state index in [4.69, 9.17) is 0 Å². The number of thiophene rings is 1. The number of nitrogens with one attached hydrogen (secondary N) is 1. The molecule has 0 spiro atoms. The van der Waals surface area contributed by atoms with Crippen LogP contribution in [0.2, 0.25) is 0 Å². The molecule has 0 amide bonds. The van der Waals surface area contributed by atoms with Crippen molar-refractivity contribution in [2.45, 2.75) is 6.54 Å². The van der Waals surface area contributed by atoms with Crippen molar-refractivity contribution in [3.8, 4) is 0 Å². The van der Waals surface area contributed by atoms with E-state index in [0.717, 1.165) is 4.88 Å². The van der Waals surface area contributed by atoms with Crippen LogP contribution in [0.1, 0.15) is 4.88 Å². The van der Waals surface area contributed by atoms with Crippen molar-refractivity contribution in [3.05, 3.63) is 56.9 Å². The molecular weight excluding hydrogens is 239 g/mol. The molecule has 2 heterocycles. The maximum atomic E-state index is 13.2. The molecule has 0 radical (unpaired) electrons. The predicted octanol–water partition coefficient (Wildman–Crippen LogP) is 2.58. The maximum Gasteiger partial charge on any atom is 0.326 e. The molecule has 1 aromatic carbocycles. The lowest BCUT2D eigenvalue weighted by molar-refractivity contribution is 0.628. The first-order valence-electron chi connectivity index (χ1n) is 5.14. The minimum absolute atomic E-state index is 0.209. The van der Waals surface area contributed by atoms with Gasteiger partial charge in [0.25, 0.3) is 0 Å². The molecule has 0 saturated carbocycles. The summed E-state index contributed by atoms with van der Waals surface area (Å²) in [6.45, 7) is 0.472. The second-order valence-corrected chi connectivity index (χ2v) is 4.79. The SMILES string of the molecule is O=c1[nH]c2ccc(F)cc2n1Cc1cccs1. The van der Waals surface area contributed by atoms with E-state index in [1.165, 1.54) is 12.1 Å². The Balaban J connectivity index is 2.17. The molecule has 0 fully saturated rings. The highest BCUT2D eigenvalue weighted by atomic mass is 32.1. The monoisotopic (exact) mass is 248 g/mol. The summed E-state index contributed by atoms with van der Waals surface area (Å²) in [6, 6.07) is 8.18. The van der Waals surface area contributed by atoms with Crippen molar-refractivity contribution < 1.29 is 4.39 Å². The summed E-state index contributed by atoms with van der Waals surface area (Å²) in [7, 11) is 0. The quantitative estimate of drug-likeness (QED) is 0.743. The molecule has 17 heavy (non-hydrogen) atoms. The Labute approximate surface area is 100 Å². The summed E-state index contributed by atoms with van der Waals surface area (Å²) in [6.07, 6.45) is 0. The summed E-state index contributed by atoms with van der Waals surface area (Å²) < 4.78 is 14.7. The van der Waals surface area contributed by atoms with Gasteiger partial charge in [0.2, 0.25) is 0 Å². The van der Waals surface area contributed by atoms with Crippen LogP contribution >= 0.6 is 11.3 Å². The van der Waals surface area contributed by atoms with Crippen LogP contribution < -0.4 is 5.69 Å². The Morgan fingerprint density at radius 3 is 3.00 bits per heavy atom. The van der Waals surface area contributed by atoms with Crippen molar-refractivity contribution in [3.63, 3.8) is 0 Å². The fraction of sp³-hybridized carbons (Fsp3) is 0.0833. The van der Waals surface area contributed by atoms with E-state index in [1.807, 2.05) is 17.5 Å². The Morgan fingerprint density at radius 1 is 1.35 bits per heavy atom. The number of halogens is 1. The Morgan fingerprint density at radius 2 is 2.24 bits per heavy atom. The van der Waals surface area contributed by atoms with Crippen LogP contribution in [-0.4, -0.2) is 9.55 Å². The van der Waals surface area contributed by atoms with Crippen molar-refractivity contribution in [2.24, 2.45) is 0 Å². The molecule has 86 valence electrons. The second kappa shape index (κ2) is 3.85. The number of nitrogens with zero attached hydrogens (tertiary/aromatic N) is 1. The first-order valence-corrected chi connectivity index (χ1v) is 6.02. The number of imidazole rings is 1. The van der Waals surface area contributed by atoms with E-state index in [2.05, 4.69) is 4.98 Å². The van der Waals surface area contributed by atoms with Crippen LogP contribution in [0.5, 0.6) is 0 Å². The fourth-order valence-electron chi connectivity index (χ4n) is 1.84. The zero-order chi connectivity index (χ0) is 11.8. The zero-order valence-corrected chi connectivity index (χ0v) is 9.63. The number of H-pyrrole nitrogens is 1. The minimum atomic E-state index is -0.337. The lowest BCUT2D eigenvalue weighted by atomic mass is 10.3. The third-order valence-corrected chi connectivity index (χ3v) is 3.49. The van der Waals surface area contributed by atoms with E-state index >= 15 is 0 Å². The van der Waals surface area contributed by atoms with Gasteiger partial charge in [-0.25, -0.2) is 9.18 Å². The number of aromatic nitrogens is 2. The molecule has 1 N–H and O–H groups in total. The van der Waals surface area contributed by atoms with Crippen LogP contribution in [0.25, 0.3) is 11.0 Å². The van der Waals surface area contributed by atoms with Crippen LogP contribution in [0.15, 0.2) is 40.5 Å². The van der Waals surface area contributed by atoms with E-state index in [0.29, 0.717) is 17.6 Å². The van der Waals surface area contributed by atoms with Crippen LogP contribution in [0.4, 0.5) is 4.39 Å². The first kappa shape index (κ1) is 10.3. The summed E-state index contributed by atoms with van der Waals surface area (Å²) in [5.41, 5.74) is 1.05. The molecule has 0 saturated heterocycles. The van der Waals surface area contributed by atoms with Crippen LogP contribution in [0.3, 0.4) is 0 Å². The Kier molecular flexibility index (Phi) is 2.33. The van der Waals surface area contributed by atoms with Gasteiger partial charge in [0.1, 0.15) is 5.82 Å². The number of hydrogen-bond donors (Lipinski definition) is 1. The lowest BCUT2D eigenvalue weighted by Crippen LogP contribution is -2.16. The molecule has 3 aromatic rings. The molecule has 0 aliphatic carbocycles. The van der Waals surface area contributed by atoms with E-state index in [9.17, 15) is 9.18 Å². The molecular formula is C12H9FN2OS. The first-order chi connectivity index (χ1) is 8.24. The minimum Gasteiger partial charge on any atom is -0.306 e. The van der Waals surface area contributed by atoms with E-state index in [1.54, 1.807) is 22.0 Å². The van der Waals surface area contributed by atoms with Gasteiger partial charge in [0.05, 0.1) is 17.6 Å². The molecule has 3 nitrogen and oxygen atoms in total. The fourth-order valence-corrected chi connectivity index (χ4v) is 2.53. The van der Waals surface area contributed by atoms with Gasteiger partial charge in [0, 0.05) is 4.88 Å². The number of hydrogen-bond acceptors (Lipinski definition) is 2. The normalized spacial score (nSPS) is 11.1. The van der Waals surface area contributed by atoms with Crippen LogP contribution in [-0.2, 0) is 6.54 Å². The molecule has 0 aliphatic rings. The maximum absolute atomic E-state index is 13.2. The Bertz CT molecular complexity index is 712. The zero-order valence-electron chi connectivity index (χ0n) is 8.81. The summed E-state index contributed by atoms with van der Waals surface area (Å²) >= 11 is 1.58. The van der Waals surface area contributed by atoms with Crippen molar-refractivity contribution in [1.82, 2.24) is 9.55 Å². The van der Waals surface area contributed by atoms with Crippen molar-refractivity contribution in [1.29, 1.82) is 0 Å². The van der Waals surface area contributed by atoms with E-state index in [-0.39, 0.29) is 11.5 Å². The number of aromatic amines is 1. The molecule has 0 aliphatic heterocycles. The van der Waals surface area contributed by atoms with Crippen LogP contribution in [0, 0.1) is 5.82 Å². The third-order valence-electron chi connectivity index (χ3n) is 2.63. The molecule has 0 atom stereocenters. The van der Waals surface area contributed by atoms with Gasteiger partial charge >= 0.3 is 5.69 Å². The predicted molar refractivity (Wildman–Crippen MR) is 65.9 cm³/mol.